The van der Waals surface area contributed by atoms with Crippen molar-refractivity contribution in [3.8, 4) is 5.88 Å². The van der Waals surface area contributed by atoms with Gasteiger partial charge in [0.05, 0.1) is 7.11 Å². The second-order valence-corrected chi connectivity index (χ2v) is 2.37. The topological polar surface area (TPSA) is 47.0 Å². The molecule has 0 amide bonds. The van der Waals surface area contributed by atoms with Crippen LogP contribution in [-0.2, 0) is 0 Å². The zero-order valence-corrected chi connectivity index (χ0v) is 7.37. The quantitative estimate of drug-likeness (QED) is 0.734. The van der Waals surface area contributed by atoms with Crippen molar-refractivity contribution >= 4 is 5.82 Å². The summed E-state index contributed by atoms with van der Waals surface area (Å²) in [5.74, 6) is 1.40. The molecule has 0 bridgehead atoms. The van der Waals surface area contributed by atoms with Gasteiger partial charge >= 0.3 is 0 Å². The van der Waals surface area contributed by atoms with Gasteiger partial charge in [0.1, 0.15) is 12.1 Å². The lowest BCUT2D eigenvalue weighted by molar-refractivity contribution is 0.397. The van der Waals surface area contributed by atoms with Crippen molar-refractivity contribution in [2.24, 2.45) is 0 Å². The Labute approximate surface area is 72.0 Å². The summed E-state index contributed by atoms with van der Waals surface area (Å²) in [5.41, 5.74) is 0. The van der Waals surface area contributed by atoms with E-state index in [9.17, 15) is 0 Å². The third-order valence-electron chi connectivity index (χ3n) is 1.41. The zero-order valence-electron chi connectivity index (χ0n) is 7.37. The van der Waals surface area contributed by atoms with Gasteiger partial charge in [-0.3, -0.25) is 0 Å². The van der Waals surface area contributed by atoms with E-state index in [0.717, 1.165) is 18.8 Å². The molecule has 0 aliphatic heterocycles. The highest BCUT2D eigenvalue weighted by atomic mass is 16.5. The van der Waals surface area contributed by atoms with Crippen molar-refractivity contribution < 1.29 is 4.74 Å². The fraction of sp³-hybridized carbons (Fsp3) is 0.500. The van der Waals surface area contributed by atoms with Crippen molar-refractivity contribution in [3.05, 3.63) is 12.4 Å². The summed E-state index contributed by atoms with van der Waals surface area (Å²) in [6.07, 6.45) is 2.56. The molecule has 0 spiro atoms. The van der Waals surface area contributed by atoms with Crippen LogP contribution in [0.15, 0.2) is 12.4 Å². The second-order valence-electron chi connectivity index (χ2n) is 2.37. The number of hydrogen-bond donors (Lipinski definition) is 1. The number of hydrogen-bond acceptors (Lipinski definition) is 4. The second kappa shape index (κ2) is 4.54. The molecule has 0 aliphatic rings. The Morgan fingerprint density at radius 1 is 1.50 bits per heavy atom. The maximum Gasteiger partial charge on any atom is 0.218 e. The van der Waals surface area contributed by atoms with Crippen LogP contribution in [0.2, 0.25) is 0 Å². The highest BCUT2D eigenvalue weighted by Crippen LogP contribution is 2.09. The molecule has 4 heteroatoms. The molecule has 12 heavy (non-hydrogen) atoms. The number of methoxy groups -OCH3 is 1. The van der Waals surface area contributed by atoms with Crippen LogP contribution in [0, 0.1) is 0 Å². The summed E-state index contributed by atoms with van der Waals surface area (Å²) in [6, 6.07) is 1.77. The summed E-state index contributed by atoms with van der Waals surface area (Å²) in [7, 11) is 1.59. The zero-order chi connectivity index (χ0) is 8.81. The molecule has 1 aromatic rings. The Balaban J connectivity index is 2.60. The van der Waals surface area contributed by atoms with Crippen LogP contribution in [0.3, 0.4) is 0 Å². The van der Waals surface area contributed by atoms with Gasteiger partial charge in [0.25, 0.3) is 0 Å². The van der Waals surface area contributed by atoms with Crippen LogP contribution in [0.5, 0.6) is 5.88 Å². The Morgan fingerprint density at radius 2 is 2.33 bits per heavy atom. The third kappa shape index (κ3) is 2.38. The highest BCUT2D eigenvalue weighted by Gasteiger charge is 1.95. The van der Waals surface area contributed by atoms with E-state index in [1.165, 1.54) is 6.33 Å². The Morgan fingerprint density at radius 3 is 3.00 bits per heavy atom. The average molecular weight is 167 g/mol. The largest absolute Gasteiger partial charge is 0.481 e. The monoisotopic (exact) mass is 167 g/mol. The SMILES string of the molecule is CCCNc1cc(OC)ncn1. The van der Waals surface area contributed by atoms with E-state index in [-0.39, 0.29) is 0 Å². The summed E-state index contributed by atoms with van der Waals surface area (Å²) in [6.45, 7) is 3.02. The lowest BCUT2D eigenvalue weighted by atomic mass is 10.4. The average Bonchev–Trinajstić information content (AvgIpc) is 2.15. The summed E-state index contributed by atoms with van der Waals surface area (Å²) < 4.78 is 4.94. The molecule has 1 rings (SSSR count). The Kier molecular flexibility index (Phi) is 3.32. The van der Waals surface area contributed by atoms with Crippen molar-refractivity contribution in [2.45, 2.75) is 13.3 Å². The molecule has 4 nitrogen and oxygen atoms in total. The molecule has 66 valence electrons. The number of nitrogens with one attached hydrogen (secondary N) is 1. The first-order valence-electron chi connectivity index (χ1n) is 3.96. The van der Waals surface area contributed by atoms with Gasteiger partial charge in [-0.15, -0.1) is 0 Å². The smallest absolute Gasteiger partial charge is 0.218 e. The van der Waals surface area contributed by atoms with E-state index in [1.807, 2.05) is 0 Å². The van der Waals surface area contributed by atoms with Gasteiger partial charge in [-0.2, -0.15) is 0 Å². The number of rotatable bonds is 4. The van der Waals surface area contributed by atoms with Crippen molar-refractivity contribution in [1.29, 1.82) is 0 Å². The number of ether oxygens (including phenoxy) is 1. The van der Waals surface area contributed by atoms with Crippen LogP contribution < -0.4 is 10.1 Å². The molecular weight excluding hydrogens is 154 g/mol. The van der Waals surface area contributed by atoms with Gasteiger partial charge in [0, 0.05) is 12.6 Å². The van der Waals surface area contributed by atoms with Crippen LogP contribution in [0.4, 0.5) is 5.82 Å². The minimum atomic E-state index is 0.587. The molecular formula is C8H13N3O. The molecule has 0 aliphatic carbocycles. The standard InChI is InChI=1S/C8H13N3O/c1-3-4-9-7-5-8(12-2)11-6-10-7/h5-6H,3-4H2,1-2H3,(H,9,10,11). The fourth-order valence-corrected chi connectivity index (χ4v) is 0.801. The number of anilines is 1. The molecule has 1 aromatic heterocycles. The lowest BCUT2D eigenvalue weighted by Crippen LogP contribution is -2.02. The van der Waals surface area contributed by atoms with Crippen LogP contribution >= 0.6 is 0 Å². The number of aromatic nitrogens is 2. The molecule has 1 N–H and O–H groups in total. The third-order valence-corrected chi connectivity index (χ3v) is 1.41. The first-order chi connectivity index (χ1) is 5.86. The molecule has 1 heterocycles. The summed E-state index contributed by atoms with van der Waals surface area (Å²) in [4.78, 5) is 7.92. The Bertz CT molecular complexity index is 239. The minimum absolute atomic E-state index is 0.587. The molecule has 0 atom stereocenters. The van der Waals surface area contributed by atoms with E-state index in [0.29, 0.717) is 5.88 Å². The summed E-state index contributed by atoms with van der Waals surface area (Å²) >= 11 is 0. The normalized spacial score (nSPS) is 9.50. The maximum absolute atomic E-state index is 4.94. The minimum Gasteiger partial charge on any atom is -0.481 e. The van der Waals surface area contributed by atoms with Gasteiger partial charge in [-0.05, 0) is 6.42 Å². The van der Waals surface area contributed by atoms with Gasteiger partial charge < -0.3 is 10.1 Å². The predicted molar refractivity (Wildman–Crippen MR) is 47.4 cm³/mol. The fourth-order valence-electron chi connectivity index (χ4n) is 0.801. The Hall–Kier alpha value is -1.32. The van der Waals surface area contributed by atoms with E-state index >= 15 is 0 Å². The van der Waals surface area contributed by atoms with E-state index in [4.69, 9.17) is 4.74 Å². The van der Waals surface area contributed by atoms with E-state index < -0.39 is 0 Å². The van der Waals surface area contributed by atoms with Gasteiger partial charge in [0.15, 0.2) is 0 Å². The van der Waals surface area contributed by atoms with Crippen LogP contribution in [-0.4, -0.2) is 23.6 Å². The predicted octanol–water partition coefficient (Wildman–Crippen LogP) is 1.31. The lowest BCUT2D eigenvalue weighted by Gasteiger charge is -2.03. The van der Waals surface area contributed by atoms with Gasteiger partial charge in [-0.1, -0.05) is 6.92 Å². The molecule has 0 aromatic carbocycles. The van der Waals surface area contributed by atoms with E-state index in [2.05, 4.69) is 22.2 Å². The number of nitrogens with zero attached hydrogens (tertiary/aromatic N) is 2. The van der Waals surface area contributed by atoms with Crippen LogP contribution in [0.1, 0.15) is 13.3 Å². The van der Waals surface area contributed by atoms with Crippen LogP contribution in [0.25, 0.3) is 0 Å². The summed E-state index contributed by atoms with van der Waals surface area (Å²) in [5, 5.41) is 3.14. The van der Waals surface area contributed by atoms with Gasteiger partial charge in [0.2, 0.25) is 5.88 Å². The molecule has 0 saturated heterocycles. The van der Waals surface area contributed by atoms with Gasteiger partial charge in [-0.25, -0.2) is 9.97 Å². The van der Waals surface area contributed by atoms with Crippen molar-refractivity contribution in [3.63, 3.8) is 0 Å². The van der Waals surface area contributed by atoms with E-state index in [1.54, 1.807) is 13.2 Å². The van der Waals surface area contributed by atoms with Crippen molar-refractivity contribution in [1.82, 2.24) is 9.97 Å². The first-order valence-corrected chi connectivity index (χ1v) is 3.96. The highest BCUT2D eigenvalue weighted by molar-refractivity contribution is 5.36. The van der Waals surface area contributed by atoms with Crippen molar-refractivity contribution in [2.75, 3.05) is 19.0 Å². The molecule has 0 radical (unpaired) electrons. The molecule has 0 fully saturated rings. The first kappa shape index (κ1) is 8.77. The maximum atomic E-state index is 4.94. The molecule has 0 saturated carbocycles. The molecule has 0 unspecified atom stereocenters.